The van der Waals surface area contributed by atoms with E-state index in [1.165, 1.54) is 38.5 Å². The molecule has 0 spiro atoms. The van der Waals surface area contributed by atoms with Crippen LogP contribution in [0, 0.1) is 10.8 Å². The third-order valence-corrected chi connectivity index (χ3v) is 4.64. The summed E-state index contributed by atoms with van der Waals surface area (Å²) in [6.45, 7) is 9.63. The predicted molar refractivity (Wildman–Crippen MR) is 64.8 cm³/mol. The van der Waals surface area contributed by atoms with Gasteiger partial charge in [-0.2, -0.15) is 0 Å². The monoisotopic (exact) mass is 192 g/mol. The van der Waals surface area contributed by atoms with Crippen LogP contribution in [0.15, 0.2) is 0 Å². The molecule has 0 nitrogen and oxygen atoms in total. The van der Waals surface area contributed by atoms with Crippen LogP contribution in [-0.2, 0) is 0 Å². The summed E-state index contributed by atoms with van der Waals surface area (Å²) in [7, 11) is 5.97. The molecule has 0 aromatic carbocycles. The minimum Gasteiger partial charge on any atom is -0.0773 e. The summed E-state index contributed by atoms with van der Waals surface area (Å²) in [4.78, 5) is 0. The highest BCUT2D eigenvalue weighted by Gasteiger charge is 2.41. The van der Waals surface area contributed by atoms with Crippen LogP contribution >= 0.6 is 0 Å². The molecule has 2 radical (unpaired) electrons. The van der Waals surface area contributed by atoms with Crippen molar-refractivity contribution in [1.29, 1.82) is 0 Å². The van der Waals surface area contributed by atoms with E-state index in [0.717, 1.165) is 0 Å². The molecule has 14 heavy (non-hydrogen) atoms. The van der Waals surface area contributed by atoms with Crippen molar-refractivity contribution in [2.75, 3.05) is 0 Å². The highest BCUT2D eigenvalue weighted by atomic mass is 14.5. The quantitative estimate of drug-likeness (QED) is 0.583. The third-order valence-electron chi connectivity index (χ3n) is 4.64. The van der Waals surface area contributed by atoms with E-state index < -0.39 is 0 Å². The molecule has 0 N–H and O–H groups in total. The molecule has 1 aliphatic rings. The molecule has 0 saturated heterocycles. The van der Waals surface area contributed by atoms with Gasteiger partial charge in [-0.1, -0.05) is 52.8 Å². The van der Waals surface area contributed by atoms with Gasteiger partial charge in [0.1, 0.15) is 0 Å². The number of hydrogen-bond acceptors (Lipinski definition) is 0. The Kier molecular flexibility index (Phi) is 3.72. The molecule has 1 heteroatoms. The van der Waals surface area contributed by atoms with E-state index in [2.05, 4.69) is 27.7 Å². The second kappa shape index (κ2) is 4.29. The van der Waals surface area contributed by atoms with Crippen LogP contribution in [0.4, 0.5) is 0 Å². The first-order valence-corrected chi connectivity index (χ1v) is 6.17. The van der Waals surface area contributed by atoms with Crippen molar-refractivity contribution in [3.8, 4) is 0 Å². The summed E-state index contributed by atoms with van der Waals surface area (Å²) in [5.41, 5.74) is 1.01. The zero-order chi connectivity index (χ0) is 10.8. The van der Waals surface area contributed by atoms with Gasteiger partial charge >= 0.3 is 0 Å². The lowest BCUT2D eigenvalue weighted by atomic mass is 9.55. The summed E-state index contributed by atoms with van der Waals surface area (Å²) < 4.78 is 0. The van der Waals surface area contributed by atoms with Crippen LogP contribution in [0.2, 0.25) is 5.82 Å². The molecule has 0 heterocycles. The van der Waals surface area contributed by atoms with Crippen molar-refractivity contribution in [1.82, 2.24) is 0 Å². The molecular weight excluding hydrogens is 167 g/mol. The summed E-state index contributed by atoms with van der Waals surface area (Å²) in [6.07, 6.45) is 7.74. The maximum atomic E-state index is 5.97. The van der Waals surface area contributed by atoms with Gasteiger partial charge in [0.2, 0.25) is 0 Å². The molecule has 0 atom stereocenters. The van der Waals surface area contributed by atoms with Gasteiger partial charge in [-0.15, -0.1) is 0 Å². The Morgan fingerprint density at radius 2 is 1.79 bits per heavy atom. The molecule has 0 unspecified atom stereocenters. The summed E-state index contributed by atoms with van der Waals surface area (Å²) in [6, 6.07) is 0. The second-order valence-electron chi connectivity index (χ2n) is 6.03. The molecule has 0 bridgehead atoms. The van der Waals surface area contributed by atoms with E-state index in [1.54, 1.807) is 0 Å². The van der Waals surface area contributed by atoms with Crippen LogP contribution in [0.5, 0.6) is 0 Å². The Morgan fingerprint density at radius 1 is 1.29 bits per heavy atom. The fourth-order valence-corrected chi connectivity index (χ4v) is 2.88. The Balaban J connectivity index is 2.64. The van der Waals surface area contributed by atoms with Gasteiger partial charge in [0.15, 0.2) is 0 Å². The van der Waals surface area contributed by atoms with Gasteiger partial charge in [-0.05, 0) is 30.1 Å². The van der Waals surface area contributed by atoms with E-state index >= 15 is 0 Å². The Bertz CT molecular complexity index is 176. The number of hydrogen-bond donors (Lipinski definition) is 0. The van der Waals surface area contributed by atoms with Crippen LogP contribution in [0.3, 0.4) is 0 Å². The first kappa shape index (κ1) is 12.1. The lowest BCUT2D eigenvalue weighted by Crippen LogP contribution is -2.37. The lowest BCUT2D eigenvalue weighted by molar-refractivity contribution is 0.0359. The maximum absolute atomic E-state index is 5.97. The van der Waals surface area contributed by atoms with Crippen LogP contribution < -0.4 is 0 Å². The second-order valence-corrected chi connectivity index (χ2v) is 6.03. The van der Waals surface area contributed by atoms with Crippen molar-refractivity contribution in [2.45, 2.75) is 72.0 Å². The predicted octanol–water partition coefficient (Wildman–Crippen LogP) is 4.35. The summed E-state index contributed by atoms with van der Waals surface area (Å²) in [5, 5.41) is 0. The summed E-state index contributed by atoms with van der Waals surface area (Å²) in [5.74, 6) is 0.473. The fraction of sp³-hybridized carbons (Fsp3) is 1.00. The topological polar surface area (TPSA) is 0 Å². The van der Waals surface area contributed by atoms with Crippen molar-refractivity contribution < 1.29 is 0 Å². The van der Waals surface area contributed by atoms with Gasteiger partial charge in [-0.25, -0.2) is 0 Å². The molecule has 1 rings (SSSR count). The van der Waals surface area contributed by atoms with Crippen molar-refractivity contribution in [2.24, 2.45) is 10.8 Å². The van der Waals surface area contributed by atoms with E-state index in [4.69, 9.17) is 7.85 Å². The molecule has 1 saturated carbocycles. The lowest BCUT2D eigenvalue weighted by Gasteiger charge is -2.48. The van der Waals surface area contributed by atoms with Gasteiger partial charge in [0.25, 0.3) is 0 Å². The van der Waals surface area contributed by atoms with Crippen LogP contribution in [0.25, 0.3) is 0 Å². The van der Waals surface area contributed by atoms with Crippen LogP contribution in [0.1, 0.15) is 66.2 Å². The zero-order valence-electron chi connectivity index (χ0n) is 10.4. The average molecular weight is 192 g/mol. The minimum atomic E-state index is 0.473. The van der Waals surface area contributed by atoms with Gasteiger partial charge in [0, 0.05) is 0 Å². The van der Waals surface area contributed by atoms with E-state index in [9.17, 15) is 0 Å². The van der Waals surface area contributed by atoms with Gasteiger partial charge in [0.05, 0.1) is 7.85 Å². The first-order chi connectivity index (χ1) is 6.41. The molecule has 0 aliphatic heterocycles. The fourth-order valence-electron chi connectivity index (χ4n) is 2.88. The molecule has 0 amide bonds. The standard InChI is InChI=1S/C13H25B/c1-5-8-12(2,3)13(4)9-6-11(14)7-10-13/h11H,5-10H2,1-4H3. The molecule has 0 aromatic heterocycles. The summed E-state index contributed by atoms with van der Waals surface area (Å²) >= 11 is 0. The van der Waals surface area contributed by atoms with Crippen molar-refractivity contribution in [3.05, 3.63) is 0 Å². The van der Waals surface area contributed by atoms with Crippen LogP contribution in [-0.4, -0.2) is 7.85 Å². The van der Waals surface area contributed by atoms with Gasteiger partial charge in [-0.3, -0.25) is 0 Å². The smallest absolute Gasteiger partial charge is 0.0699 e. The molecule has 1 aliphatic carbocycles. The average Bonchev–Trinajstić information content (AvgIpc) is 2.10. The number of rotatable bonds is 3. The van der Waals surface area contributed by atoms with E-state index in [1.807, 2.05) is 0 Å². The Hall–Kier alpha value is 0.0649. The first-order valence-electron chi connectivity index (χ1n) is 6.17. The largest absolute Gasteiger partial charge is 0.0773 e. The third kappa shape index (κ3) is 2.35. The van der Waals surface area contributed by atoms with Crippen molar-refractivity contribution >= 4 is 7.85 Å². The van der Waals surface area contributed by atoms with Gasteiger partial charge < -0.3 is 0 Å². The molecular formula is C13H25B. The highest BCUT2D eigenvalue weighted by molar-refractivity contribution is 6.11. The zero-order valence-corrected chi connectivity index (χ0v) is 10.4. The SMILES string of the molecule is [B]C1CCC(C)(C(C)(C)CCC)CC1. The minimum absolute atomic E-state index is 0.473. The normalized spacial score (nSPS) is 34.4. The Morgan fingerprint density at radius 3 is 2.21 bits per heavy atom. The maximum Gasteiger partial charge on any atom is 0.0699 e. The highest BCUT2D eigenvalue weighted by Crippen LogP contribution is 2.53. The molecule has 1 fully saturated rings. The van der Waals surface area contributed by atoms with E-state index in [-0.39, 0.29) is 0 Å². The van der Waals surface area contributed by atoms with E-state index in [0.29, 0.717) is 16.6 Å². The molecule has 0 aromatic rings. The van der Waals surface area contributed by atoms with Crippen molar-refractivity contribution in [3.63, 3.8) is 0 Å². The Labute approximate surface area is 91.3 Å². The molecule has 80 valence electrons.